The van der Waals surface area contributed by atoms with Gasteiger partial charge in [-0.05, 0) is 125 Å². The van der Waals surface area contributed by atoms with Crippen LogP contribution < -0.4 is 4.74 Å². The molecule has 0 radical (unpaired) electrons. The summed E-state index contributed by atoms with van der Waals surface area (Å²) in [6, 6.07) is 10.5. The summed E-state index contributed by atoms with van der Waals surface area (Å²) in [5.41, 5.74) is -2.87. The largest absolute Gasteiger partial charge is 0.489 e. The zero-order valence-corrected chi connectivity index (χ0v) is 32.6. The summed E-state index contributed by atoms with van der Waals surface area (Å²) >= 11 is 4.57. The highest BCUT2D eigenvalue weighted by Crippen LogP contribution is 2.43. The lowest BCUT2D eigenvalue weighted by atomic mass is 9.72. The highest BCUT2D eigenvalue weighted by atomic mass is 127. The Bertz CT molecular complexity index is 1410. The van der Waals surface area contributed by atoms with Crippen molar-refractivity contribution in [3.05, 3.63) is 64.7 Å². The molecule has 5 rings (SSSR count). The minimum absolute atomic E-state index is 0.0588. The molecule has 3 saturated heterocycles. The molecule has 2 aromatic rings. The first kappa shape index (κ1) is 39.9. The van der Waals surface area contributed by atoms with E-state index in [1.807, 2.05) is 29.2 Å². The monoisotopic (exact) mass is 933 g/mol. The topological polar surface area (TPSA) is 36.0 Å². The molecule has 3 fully saturated rings. The first-order valence-electron chi connectivity index (χ1n) is 17.7. The quantitative estimate of drug-likeness (QED) is 0.121. The number of likely N-dealkylation sites (tertiary alicyclic amines) is 3. The van der Waals surface area contributed by atoms with E-state index in [2.05, 4.69) is 55.0 Å². The molecule has 13 heteroatoms. The van der Waals surface area contributed by atoms with Crippen molar-refractivity contribution in [2.75, 3.05) is 54.7 Å². The normalized spacial score (nSPS) is 21.9. The molecule has 0 aliphatic carbocycles. The molecular weight excluding hydrogens is 886 g/mol. The summed E-state index contributed by atoms with van der Waals surface area (Å²) < 4.78 is 90.3. The number of rotatable bonds is 12. The molecule has 1 atom stereocenters. The first-order valence-corrected chi connectivity index (χ1v) is 20.7. The van der Waals surface area contributed by atoms with Crippen LogP contribution >= 0.6 is 45.2 Å². The second-order valence-electron chi connectivity index (χ2n) is 14.3. The van der Waals surface area contributed by atoms with Crippen molar-refractivity contribution < 1.29 is 35.9 Å². The van der Waals surface area contributed by atoms with E-state index in [1.165, 1.54) is 25.3 Å². The van der Waals surface area contributed by atoms with Crippen LogP contribution in [0, 0.1) is 5.41 Å². The van der Waals surface area contributed by atoms with Crippen molar-refractivity contribution in [1.82, 2.24) is 14.7 Å². The summed E-state index contributed by atoms with van der Waals surface area (Å²) in [6.45, 7) is 5.79. The van der Waals surface area contributed by atoms with Crippen LogP contribution in [0.3, 0.4) is 0 Å². The lowest BCUT2D eigenvalue weighted by molar-refractivity contribution is -0.162. The van der Waals surface area contributed by atoms with E-state index in [0.717, 1.165) is 60.0 Å². The summed E-state index contributed by atoms with van der Waals surface area (Å²) in [7, 11) is 0. The Kier molecular flexibility index (Phi) is 14.1. The molecule has 0 N–H and O–H groups in total. The van der Waals surface area contributed by atoms with Gasteiger partial charge in [0.1, 0.15) is 11.9 Å². The Balaban J connectivity index is 1.33. The van der Waals surface area contributed by atoms with Crippen molar-refractivity contribution in [1.29, 1.82) is 0 Å². The zero-order chi connectivity index (χ0) is 35.9. The van der Waals surface area contributed by atoms with Crippen LogP contribution in [-0.4, -0.2) is 87.4 Å². The Morgan fingerprint density at radius 2 is 1.54 bits per heavy atom. The van der Waals surface area contributed by atoms with Crippen molar-refractivity contribution >= 4 is 51.1 Å². The average Bonchev–Trinajstić information content (AvgIpc) is 3.10. The van der Waals surface area contributed by atoms with E-state index in [-0.39, 0.29) is 30.4 Å². The number of hydrogen-bond donors (Lipinski definition) is 0. The number of halogens is 8. The Morgan fingerprint density at radius 1 is 0.840 bits per heavy atom. The lowest BCUT2D eigenvalue weighted by Crippen LogP contribution is -2.50. The summed E-state index contributed by atoms with van der Waals surface area (Å²) in [6.07, 6.45) is -1.95. The summed E-state index contributed by atoms with van der Waals surface area (Å²) in [5, 5.41) is 0. The average molecular weight is 934 g/mol. The van der Waals surface area contributed by atoms with E-state index < -0.39 is 28.9 Å². The SMILES string of the molecule is O=C(Cc1cccc(OC(CI)CI)c1)N1CCC[C@@](CCN2CCC(N3CCCCC3)CC2)(Cc2ccc(C(F)(F)F)c(C(F)(F)F)c2)C1. The van der Waals surface area contributed by atoms with Gasteiger partial charge in [-0.1, -0.05) is 69.8 Å². The van der Waals surface area contributed by atoms with Crippen LogP contribution in [0.25, 0.3) is 0 Å². The minimum Gasteiger partial charge on any atom is -0.489 e. The maximum Gasteiger partial charge on any atom is 0.417 e. The molecule has 2 aromatic carbocycles. The fourth-order valence-electron chi connectivity index (χ4n) is 7.97. The van der Waals surface area contributed by atoms with Gasteiger partial charge in [0.2, 0.25) is 5.91 Å². The van der Waals surface area contributed by atoms with Gasteiger partial charge in [-0.3, -0.25) is 4.79 Å². The molecular formula is C37H47F6I2N3O2. The fourth-order valence-corrected chi connectivity index (χ4v) is 10.1. The van der Waals surface area contributed by atoms with Crippen LogP contribution in [0.5, 0.6) is 5.75 Å². The van der Waals surface area contributed by atoms with Crippen molar-refractivity contribution in [3.8, 4) is 5.75 Å². The molecule has 3 aliphatic rings. The van der Waals surface area contributed by atoms with Gasteiger partial charge in [0.15, 0.2) is 0 Å². The van der Waals surface area contributed by atoms with Gasteiger partial charge in [0, 0.05) is 28.0 Å². The second-order valence-corrected chi connectivity index (χ2v) is 16.0. The molecule has 50 heavy (non-hydrogen) atoms. The predicted molar refractivity (Wildman–Crippen MR) is 200 cm³/mol. The van der Waals surface area contributed by atoms with Gasteiger partial charge in [-0.15, -0.1) is 0 Å². The van der Waals surface area contributed by atoms with E-state index in [4.69, 9.17) is 4.74 Å². The van der Waals surface area contributed by atoms with E-state index in [0.29, 0.717) is 56.3 Å². The maximum atomic E-state index is 13.9. The van der Waals surface area contributed by atoms with E-state index in [1.54, 1.807) is 0 Å². The molecule has 0 saturated carbocycles. The molecule has 1 amide bonds. The van der Waals surface area contributed by atoms with Crippen molar-refractivity contribution in [2.45, 2.75) is 88.7 Å². The Labute approximate surface area is 319 Å². The molecule has 0 bridgehead atoms. The van der Waals surface area contributed by atoms with Gasteiger partial charge < -0.3 is 19.4 Å². The molecule has 0 spiro atoms. The number of alkyl halides is 8. The van der Waals surface area contributed by atoms with Gasteiger partial charge in [-0.2, -0.15) is 26.3 Å². The van der Waals surface area contributed by atoms with Crippen LogP contribution in [0.15, 0.2) is 42.5 Å². The minimum atomic E-state index is -5.15. The molecule has 5 nitrogen and oxygen atoms in total. The number of benzene rings is 2. The number of nitrogens with zero attached hydrogens (tertiary/aromatic N) is 3. The third-order valence-electron chi connectivity index (χ3n) is 10.6. The third kappa shape index (κ3) is 10.9. The summed E-state index contributed by atoms with van der Waals surface area (Å²) in [4.78, 5) is 20.6. The van der Waals surface area contributed by atoms with Crippen molar-refractivity contribution in [3.63, 3.8) is 0 Å². The third-order valence-corrected chi connectivity index (χ3v) is 12.6. The lowest BCUT2D eigenvalue weighted by Gasteiger charge is -2.45. The highest BCUT2D eigenvalue weighted by molar-refractivity contribution is 14.1. The smallest absolute Gasteiger partial charge is 0.417 e. The fraction of sp³-hybridized carbons (Fsp3) is 0.649. The number of hydrogen-bond acceptors (Lipinski definition) is 4. The van der Waals surface area contributed by atoms with Gasteiger partial charge >= 0.3 is 12.4 Å². The highest BCUT2D eigenvalue weighted by Gasteiger charge is 2.44. The number of amides is 1. The molecule has 278 valence electrons. The molecule has 0 aromatic heterocycles. The zero-order valence-electron chi connectivity index (χ0n) is 28.3. The first-order chi connectivity index (χ1) is 23.8. The van der Waals surface area contributed by atoms with Gasteiger partial charge in [-0.25, -0.2) is 0 Å². The summed E-state index contributed by atoms with van der Waals surface area (Å²) in [5.74, 6) is 0.629. The molecule has 0 unspecified atom stereocenters. The number of piperidine rings is 3. The number of carbonyl (C=O) groups is 1. The van der Waals surface area contributed by atoms with E-state index in [9.17, 15) is 31.1 Å². The molecule has 3 heterocycles. The number of carbonyl (C=O) groups excluding carboxylic acids is 1. The predicted octanol–water partition coefficient (Wildman–Crippen LogP) is 9.08. The van der Waals surface area contributed by atoms with Crippen LogP contribution in [-0.2, 0) is 30.0 Å². The van der Waals surface area contributed by atoms with Gasteiger partial charge in [0.05, 0.1) is 17.5 Å². The Hall–Kier alpha value is -1.33. The number of ether oxygens (including phenoxy) is 1. The van der Waals surface area contributed by atoms with Crippen LogP contribution in [0.2, 0.25) is 0 Å². The molecule has 3 aliphatic heterocycles. The van der Waals surface area contributed by atoms with E-state index >= 15 is 0 Å². The maximum absolute atomic E-state index is 13.9. The van der Waals surface area contributed by atoms with Gasteiger partial charge in [0.25, 0.3) is 0 Å². The standard InChI is InChI=1S/C37H47F6I2N3O2/c38-36(39,40)32-9-8-28(21-33(32)37(41,42)43)23-35(13-19-46-17-10-29(11-18-46)47-14-2-1-3-15-47)12-5-16-48(26-35)34(49)22-27-6-4-7-30(20-27)50-31(24-44)25-45/h4,6-9,20-21,29,31H,1-3,5,10-19,22-26H2/t35-/m1/s1. The van der Waals surface area contributed by atoms with Crippen molar-refractivity contribution in [2.24, 2.45) is 5.41 Å². The van der Waals surface area contributed by atoms with Crippen LogP contribution in [0.4, 0.5) is 26.3 Å². The van der Waals surface area contributed by atoms with Crippen LogP contribution in [0.1, 0.15) is 73.6 Å². The second kappa shape index (κ2) is 17.7. The Morgan fingerprint density at radius 3 is 2.20 bits per heavy atom.